The maximum absolute atomic E-state index is 11.0. The van der Waals surface area contributed by atoms with Gasteiger partial charge < -0.3 is 14.7 Å². The van der Waals surface area contributed by atoms with Crippen LogP contribution in [0.25, 0.3) is 11.4 Å². The van der Waals surface area contributed by atoms with Crippen LogP contribution >= 0.6 is 0 Å². The standard InChI is InChI=1S/C16H18N2O2/c1-20-15-8-13(18-14(15)9-19)12-7-10-11(17-12)3-2-4-16(10)5-6-16/h7-9,17-18H,2-6H2,1H3. The molecule has 2 N–H and O–H groups in total. The fourth-order valence-corrected chi connectivity index (χ4v) is 3.57. The van der Waals surface area contributed by atoms with Gasteiger partial charge in [0.1, 0.15) is 11.4 Å². The molecular formula is C16H18N2O2. The second-order valence-electron chi connectivity index (χ2n) is 5.99. The van der Waals surface area contributed by atoms with Crippen LogP contribution in [0.2, 0.25) is 0 Å². The molecule has 0 atom stereocenters. The summed E-state index contributed by atoms with van der Waals surface area (Å²) in [6, 6.07) is 4.15. The molecule has 20 heavy (non-hydrogen) atoms. The summed E-state index contributed by atoms with van der Waals surface area (Å²) >= 11 is 0. The van der Waals surface area contributed by atoms with Gasteiger partial charge in [-0.25, -0.2) is 0 Å². The van der Waals surface area contributed by atoms with Gasteiger partial charge >= 0.3 is 0 Å². The predicted molar refractivity (Wildman–Crippen MR) is 76.4 cm³/mol. The highest BCUT2D eigenvalue weighted by atomic mass is 16.5. The van der Waals surface area contributed by atoms with Crippen LogP contribution in [-0.2, 0) is 11.8 Å². The fourth-order valence-electron chi connectivity index (χ4n) is 3.57. The largest absolute Gasteiger partial charge is 0.494 e. The molecule has 0 amide bonds. The Morgan fingerprint density at radius 3 is 2.65 bits per heavy atom. The highest BCUT2D eigenvalue weighted by Crippen LogP contribution is 2.56. The Balaban J connectivity index is 1.78. The Labute approximate surface area is 117 Å². The lowest BCUT2D eigenvalue weighted by atomic mass is 9.84. The Hall–Kier alpha value is -1.97. The lowest BCUT2D eigenvalue weighted by molar-refractivity contribution is 0.111. The summed E-state index contributed by atoms with van der Waals surface area (Å²) in [4.78, 5) is 17.7. The van der Waals surface area contributed by atoms with Gasteiger partial charge in [-0.05, 0) is 49.1 Å². The van der Waals surface area contributed by atoms with E-state index in [-0.39, 0.29) is 0 Å². The van der Waals surface area contributed by atoms with Crippen LogP contribution in [0, 0.1) is 0 Å². The monoisotopic (exact) mass is 270 g/mol. The SMILES string of the molecule is COc1cc(-c2cc3c([nH]2)CCCC32CC2)[nH]c1C=O. The van der Waals surface area contributed by atoms with Crippen molar-refractivity contribution in [2.75, 3.05) is 7.11 Å². The highest BCUT2D eigenvalue weighted by Gasteiger charge is 2.47. The van der Waals surface area contributed by atoms with Gasteiger partial charge in [-0.15, -0.1) is 0 Å². The predicted octanol–water partition coefficient (Wildman–Crippen LogP) is 3.20. The van der Waals surface area contributed by atoms with Crippen LogP contribution in [0.3, 0.4) is 0 Å². The number of aromatic nitrogens is 2. The molecule has 2 aliphatic carbocycles. The van der Waals surface area contributed by atoms with Gasteiger partial charge in [0, 0.05) is 11.8 Å². The van der Waals surface area contributed by atoms with E-state index in [0.717, 1.165) is 24.1 Å². The Bertz CT molecular complexity index is 677. The van der Waals surface area contributed by atoms with Gasteiger partial charge in [0.25, 0.3) is 0 Å². The van der Waals surface area contributed by atoms with E-state index >= 15 is 0 Å². The summed E-state index contributed by atoms with van der Waals surface area (Å²) in [6.45, 7) is 0. The normalized spacial score (nSPS) is 18.9. The molecule has 0 unspecified atom stereocenters. The number of H-pyrrole nitrogens is 2. The third-order valence-electron chi connectivity index (χ3n) is 4.84. The average molecular weight is 270 g/mol. The number of carbonyl (C=O) groups excluding carboxylic acids is 1. The van der Waals surface area contributed by atoms with Crippen LogP contribution < -0.4 is 4.74 Å². The number of nitrogens with one attached hydrogen (secondary N) is 2. The molecule has 4 heteroatoms. The zero-order chi connectivity index (χ0) is 13.7. The summed E-state index contributed by atoms with van der Waals surface area (Å²) in [6.07, 6.45) is 7.18. The maximum Gasteiger partial charge on any atom is 0.170 e. The van der Waals surface area contributed by atoms with Crippen LogP contribution in [0.1, 0.15) is 47.4 Å². The number of carbonyl (C=O) groups is 1. The molecule has 1 saturated carbocycles. The molecule has 2 aromatic heterocycles. The first kappa shape index (κ1) is 11.8. The molecule has 1 spiro atoms. The zero-order valence-electron chi connectivity index (χ0n) is 11.6. The van der Waals surface area contributed by atoms with Crippen molar-refractivity contribution in [2.45, 2.75) is 37.5 Å². The molecule has 2 aliphatic rings. The molecule has 0 aliphatic heterocycles. The average Bonchev–Trinajstić information content (AvgIpc) is 2.93. The van der Waals surface area contributed by atoms with Crippen molar-refractivity contribution in [3.05, 3.63) is 29.1 Å². The summed E-state index contributed by atoms with van der Waals surface area (Å²) in [5.41, 5.74) is 5.83. The van der Waals surface area contributed by atoms with Gasteiger partial charge in [0.2, 0.25) is 0 Å². The van der Waals surface area contributed by atoms with E-state index in [4.69, 9.17) is 4.74 Å². The van der Waals surface area contributed by atoms with Crippen molar-refractivity contribution < 1.29 is 9.53 Å². The van der Waals surface area contributed by atoms with Gasteiger partial charge in [-0.3, -0.25) is 4.79 Å². The Morgan fingerprint density at radius 1 is 1.20 bits per heavy atom. The molecular weight excluding hydrogens is 252 g/mol. The number of ether oxygens (including phenoxy) is 1. The maximum atomic E-state index is 11.0. The van der Waals surface area contributed by atoms with E-state index in [1.807, 2.05) is 6.07 Å². The van der Waals surface area contributed by atoms with Crippen molar-refractivity contribution >= 4 is 6.29 Å². The van der Waals surface area contributed by atoms with Crippen LogP contribution in [0.4, 0.5) is 0 Å². The lowest BCUT2D eigenvalue weighted by Gasteiger charge is -2.21. The van der Waals surface area contributed by atoms with E-state index in [1.54, 1.807) is 7.11 Å². The third kappa shape index (κ3) is 1.57. The van der Waals surface area contributed by atoms with Crippen molar-refractivity contribution in [1.82, 2.24) is 9.97 Å². The summed E-state index contributed by atoms with van der Waals surface area (Å²) < 4.78 is 5.22. The molecule has 0 aromatic carbocycles. The topological polar surface area (TPSA) is 57.9 Å². The molecule has 0 bridgehead atoms. The van der Waals surface area contributed by atoms with Crippen molar-refractivity contribution in [2.24, 2.45) is 0 Å². The molecule has 0 saturated heterocycles. The van der Waals surface area contributed by atoms with Crippen molar-refractivity contribution in [3.8, 4) is 17.1 Å². The van der Waals surface area contributed by atoms with Crippen molar-refractivity contribution in [1.29, 1.82) is 0 Å². The second kappa shape index (κ2) is 4.01. The molecule has 4 rings (SSSR count). The van der Waals surface area contributed by atoms with E-state index in [1.165, 1.54) is 36.9 Å². The second-order valence-corrected chi connectivity index (χ2v) is 5.99. The van der Waals surface area contributed by atoms with Gasteiger partial charge in [0.15, 0.2) is 6.29 Å². The summed E-state index contributed by atoms with van der Waals surface area (Å²) in [5, 5.41) is 0. The first-order chi connectivity index (χ1) is 9.75. The molecule has 2 heterocycles. The quantitative estimate of drug-likeness (QED) is 0.841. The first-order valence-corrected chi connectivity index (χ1v) is 7.21. The van der Waals surface area contributed by atoms with Gasteiger partial charge in [-0.1, -0.05) is 0 Å². The van der Waals surface area contributed by atoms with Crippen LogP contribution in [0.15, 0.2) is 12.1 Å². The Kier molecular flexibility index (Phi) is 2.37. The number of aromatic amines is 2. The van der Waals surface area contributed by atoms with Crippen molar-refractivity contribution in [3.63, 3.8) is 0 Å². The smallest absolute Gasteiger partial charge is 0.170 e. The van der Waals surface area contributed by atoms with E-state index in [2.05, 4.69) is 16.0 Å². The third-order valence-corrected chi connectivity index (χ3v) is 4.84. The number of aldehydes is 1. The minimum absolute atomic E-state index is 0.465. The van der Waals surface area contributed by atoms with E-state index < -0.39 is 0 Å². The fraction of sp³-hybridized carbons (Fsp3) is 0.438. The first-order valence-electron chi connectivity index (χ1n) is 7.21. The van der Waals surface area contributed by atoms with Gasteiger partial charge in [-0.2, -0.15) is 0 Å². The summed E-state index contributed by atoms with van der Waals surface area (Å²) in [7, 11) is 1.58. The molecule has 0 radical (unpaired) electrons. The van der Waals surface area contributed by atoms with Crippen LogP contribution in [-0.4, -0.2) is 23.4 Å². The number of aryl methyl sites for hydroxylation is 1. The Morgan fingerprint density at radius 2 is 2.00 bits per heavy atom. The zero-order valence-corrected chi connectivity index (χ0v) is 11.6. The van der Waals surface area contributed by atoms with Crippen LogP contribution in [0.5, 0.6) is 5.75 Å². The van der Waals surface area contributed by atoms with E-state index in [9.17, 15) is 4.79 Å². The minimum atomic E-state index is 0.465. The number of rotatable bonds is 3. The number of methoxy groups -OCH3 is 1. The highest BCUT2D eigenvalue weighted by molar-refractivity contribution is 5.80. The number of hydrogen-bond acceptors (Lipinski definition) is 2. The number of fused-ring (bicyclic) bond motifs is 2. The molecule has 1 fully saturated rings. The lowest BCUT2D eigenvalue weighted by Crippen LogP contribution is -2.14. The molecule has 4 nitrogen and oxygen atoms in total. The minimum Gasteiger partial charge on any atom is -0.494 e. The molecule has 2 aromatic rings. The van der Waals surface area contributed by atoms with Gasteiger partial charge in [0.05, 0.1) is 18.5 Å². The molecule has 104 valence electrons. The summed E-state index contributed by atoms with van der Waals surface area (Å²) in [5.74, 6) is 0.601. The van der Waals surface area contributed by atoms with E-state index in [0.29, 0.717) is 16.9 Å². The number of hydrogen-bond donors (Lipinski definition) is 2.